The van der Waals surface area contributed by atoms with Crippen LogP contribution in [0.1, 0.15) is 11.3 Å². The van der Waals surface area contributed by atoms with Gasteiger partial charge in [-0.15, -0.1) is 11.8 Å². The molecule has 0 amide bonds. The largest absolute Gasteiger partial charge is 0.435 e. The van der Waals surface area contributed by atoms with E-state index < -0.39 is 23.8 Å². The van der Waals surface area contributed by atoms with E-state index in [0.717, 1.165) is 10.7 Å². The second-order valence-corrected chi connectivity index (χ2v) is 7.28. The fraction of sp³-hybridized carbons (Fsp3) is 0.167. The molecule has 0 N–H and O–H groups in total. The molecule has 4 nitrogen and oxygen atoms in total. The Morgan fingerprint density at radius 1 is 1.10 bits per heavy atom. The van der Waals surface area contributed by atoms with Gasteiger partial charge < -0.3 is 0 Å². The molecule has 0 aliphatic carbocycles. The second kappa shape index (κ2) is 8.20. The number of hydrogen-bond donors (Lipinski definition) is 0. The van der Waals surface area contributed by atoms with Crippen LogP contribution in [0.25, 0.3) is 17.1 Å². The zero-order valence-corrected chi connectivity index (χ0v) is 16.2. The Morgan fingerprint density at radius 3 is 2.43 bits per heavy atom. The van der Waals surface area contributed by atoms with Crippen LogP contribution in [0.2, 0.25) is 5.02 Å². The minimum atomic E-state index is -4.78. The van der Waals surface area contributed by atoms with Gasteiger partial charge in [0.1, 0.15) is 6.07 Å². The molecule has 0 radical (unpaired) electrons. The summed E-state index contributed by atoms with van der Waals surface area (Å²) in [4.78, 5) is 3.92. The van der Waals surface area contributed by atoms with Gasteiger partial charge in [-0.1, -0.05) is 17.7 Å². The predicted molar refractivity (Wildman–Crippen MR) is 98.3 cm³/mol. The minimum Gasteiger partial charge on any atom is -0.236 e. The Kier molecular flexibility index (Phi) is 6.01. The Labute approximate surface area is 175 Å². The average molecular weight is 463 g/mol. The Morgan fingerprint density at radius 2 is 1.83 bits per heavy atom. The molecule has 0 aliphatic heterocycles. The molecule has 30 heavy (non-hydrogen) atoms. The zero-order chi connectivity index (χ0) is 22.1. The van der Waals surface area contributed by atoms with E-state index in [1.54, 1.807) is 6.07 Å². The lowest BCUT2D eigenvalue weighted by molar-refractivity contribution is -0.141. The molecular formula is C18H9ClF6N4S. The average Bonchev–Trinajstić information content (AvgIpc) is 3.11. The summed E-state index contributed by atoms with van der Waals surface area (Å²) in [7, 11) is 0. The number of halogens is 7. The summed E-state index contributed by atoms with van der Waals surface area (Å²) in [5.41, 5.74) is -1.25. The highest BCUT2D eigenvalue weighted by Crippen LogP contribution is 2.37. The van der Waals surface area contributed by atoms with Gasteiger partial charge in [-0.05, 0) is 30.3 Å². The van der Waals surface area contributed by atoms with E-state index in [9.17, 15) is 26.3 Å². The molecule has 0 bridgehead atoms. The van der Waals surface area contributed by atoms with E-state index in [4.69, 9.17) is 16.9 Å². The van der Waals surface area contributed by atoms with Crippen LogP contribution in [0.15, 0.2) is 47.5 Å². The molecule has 3 rings (SSSR count). The molecule has 0 atom stereocenters. The highest BCUT2D eigenvalue weighted by Gasteiger charge is 2.36. The van der Waals surface area contributed by atoms with Crippen LogP contribution in [0.5, 0.6) is 0 Å². The van der Waals surface area contributed by atoms with Crippen molar-refractivity contribution >= 4 is 23.4 Å². The first-order valence-corrected chi connectivity index (χ1v) is 9.38. The van der Waals surface area contributed by atoms with E-state index in [2.05, 4.69) is 10.1 Å². The van der Waals surface area contributed by atoms with Gasteiger partial charge in [0.05, 0.1) is 22.0 Å². The molecule has 0 fully saturated rings. The van der Waals surface area contributed by atoms with Gasteiger partial charge >= 0.3 is 12.4 Å². The summed E-state index contributed by atoms with van der Waals surface area (Å²) < 4.78 is 78.4. The SMILES string of the molecule is N#Cc1ccc(-c2cc(C(F)(F)F)nn2-c2ncccc2Cl)cc1SCC(F)(F)F. The Hall–Kier alpha value is -2.71. The number of thioether (sulfide) groups is 1. The number of nitrogens with zero attached hydrogens (tertiary/aromatic N) is 4. The first kappa shape index (κ1) is 22.0. The van der Waals surface area contributed by atoms with Crippen molar-refractivity contribution in [2.45, 2.75) is 17.2 Å². The molecule has 12 heteroatoms. The summed E-state index contributed by atoms with van der Waals surface area (Å²) >= 11 is 6.41. The van der Waals surface area contributed by atoms with Crippen LogP contribution in [-0.4, -0.2) is 26.7 Å². The van der Waals surface area contributed by atoms with Crippen molar-refractivity contribution in [1.82, 2.24) is 14.8 Å². The zero-order valence-electron chi connectivity index (χ0n) is 14.6. The number of pyridine rings is 1. The summed E-state index contributed by atoms with van der Waals surface area (Å²) in [6.07, 6.45) is -7.95. The van der Waals surface area contributed by atoms with Crippen LogP contribution >= 0.6 is 23.4 Å². The van der Waals surface area contributed by atoms with Crippen molar-refractivity contribution in [1.29, 1.82) is 5.26 Å². The molecule has 0 saturated heterocycles. The summed E-state index contributed by atoms with van der Waals surface area (Å²) in [6, 6.07) is 9.16. The van der Waals surface area contributed by atoms with Gasteiger partial charge in [0.15, 0.2) is 11.5 Å². The van der Waals surface area contributed by atoms with Crippen LogP contribution in [-0.2, 0) is 6.18 Å². The van der Waals surface area contributed by atoms with E-state index in [-0.39, 0.29) is 32.6 Å². The lowest BCUT2D eigenvalue weighted by Crippen LogP contribution is -2.10. The lowest BCUT2D eigenvalue weighted by atomic mass is 10.1. The summed E-state index contributed by atoms with van der Waals surface area (Å²) in [6.45, 7) is 0. The van der Waals surface area contributed by atoms with E-state index in [1.807, 2.05) is 0 Å². The smallest absolute Gasteiger partial charge is 0.236 e. The van der Waals surface area contributed by atoms with Crippen molar-refractivity contribution in [3.05, 3.63) is 58.9 Å². The van der Waals surface area contributed by atoms with Gasteiger partial charge in [0.25, 0.3) is 0 Å². The maximum atomic E-state index is 13.3. The molecule has 0 spiro atoms. The monoisotopic (exact) mass is 462 g/mol. The first-order valence-electron chi connectivity index (χ1n) is 8.02. The maximum Gasteiger partial charge on any atom is 0.435 e. The fourth-order valence-corrected chi connectivity index (χ4v) is 3.47. The highest BCUT2D eigenvalue weighted by atomic mass is 35.5. The van der Waals surface area contributed by atoms with Crippen molar-refractivity contribution < 1.29 is 26.3 Å². The van der Waals surface area contributed by atoms with Gasteiger partial charge in [-0.2, -0.15) is 36.7 Å². The third kappa shape index (κ3) is 4.88. The van der Waals surface area contributed by atoms with Crippen molar-refractivity contribution in [2.75, 3.05) is 5.75 Å². The van der Waals surface area contributed by atoms with Crippen LogP contribution < -0.4 is 0 Å². The second-order valence-electron chi connectivity index (χ2n) is 5.86. The molecule has 3 aromatic rings. The van der Waals surface area contributed by atoms with Crippen LogP contribution in [0.4, 0.5) is 26.3 Å². The molecule has 0 aliphatic rings. The molecular weight excluding hydrogens is 454 g/mol. The highest BCUT2D eigenvalue weighted by molar-refractivity contribution is 7.99. The number of rotatable bonds is 4. The predicted octanol–water partition coefficient (Wildman–Crippen LogP) is 6.13. The van der Waals surface area contributed by atoms with E-state index in [0.29, 0.717) is 11.8 Å². The summed E-state index contributed by atoms with van der Waals surface area (Å²) in [5, 5.41) is 12.7. The van der Waals surface area contributed by atoms with Gasteiger partial charge in [-0.25, -0.2) is 9.67 Å². The van der Waals surface area contributed by atoms with E-state index >= 15 is 0 Å². The van der Waals surface area contributed by atoms with Gasteiger partial charge in [0, 0.05) is 16.7 Å². The number of nitriles is 1. The lowest BCUT2D eigenvalue weighted by Gasteiger charge is -2.11. The molecule has 1 aromatic carbocycles. The molecule has 0 saturated carbocycles. The van der Waals surface area contributed by atoms with E-state index in [1.165, 1.54) is 36.5 Å². The normalized spacial score (nSPS) is 12.1. The standard InChI is InChI=1S/C18H9ClF6N4S/c19-12-2-1-5-27-16(12)29-13(7-15(28-29)18(23,24)25)10-3-4-11(8-26)14(6-10)30-9-17(20,21)22/h1-7H,9H2. The maximum absolute atomic E-state index is 13.3. The molecule has 2 heterocycles. The third-order valence-electron chi connectivity index (χ3n) is 3.73. The Bertz CT molecular complexity index is 1120. The van der Waals surface area contributed by atoms with Crippen molar-refractivity contribution in [2.24, 2.45) is 0 Å². The van der Waals surface area contributed by atoms with Crippen molar-refractivity contribution in [3.8, 4) is 23.1 Å². The van der Waals surface area contributed by atoms with Gasteiger partial charge in [-0.3, -0.25) is 0 Å². The quantitative estimate of drug-likeness (QED) is 0.345. The Balaban J connectivity index is 2.16. The minimum absolute atomic E-state index is 0.0240. The fourth-order valence-electron chi connectivity index (χ4n) is 2.47. The van der Waals surface area contributed by atoms with Crippen molar-refractivity contribution in [3.63, 3.8) is 0 Å². The number of alkyl halides is 6. The van der Waals surface area contributed by atoms with Crippen LogP contribution in [0, 0.1) is 11.3 Å². The first-order chi connectivity index (χ1) is 14.0. The van der Waals surface area contributed by atoms with Gasteiger partial charge in [0.2, 0.25) is 0 Å². The number of hydrogen-bond acceptors (Lipinski definition) is 4. The summed E-state index contributed by atoms with van der Waals surface area (Å²) in [5.74, 6) is -1.34. The topological polar surface area (TPSA) is 54.5 Å². The molecule has 2 aromatic heterocycles. The number of benzene rings is 1. The molecule has 0 unspecified atom stereocenters. The molecule has 156 valence electrons. The third-order valence-corrected chi connectivity index (χ3v) is 5.14. The number of aromatic nitrogens is 3. The van der Waals surface area contributed by atoms with Crippen LogP contribution in [0.3, 0.4) is 0 Å².